The zero-order chi connectivity index (χ0) is 24.5. The number of fused-ring (bicyclic) bond motifs is 1. The van der Waals surface area contributed by atoms with Crippen LogP contribution in [0.3, 0.4) is 0 Å². The number of carbonyl (C=O) groups is 1. The number of nitrogens with one attached hydrogen (secondary N) is 4. The van der Waals surface area contributed by atoms with Crippen molar-refractivity contribution < 1.29 is 13.2 Å². The molecule has 0 unspecified atom stereocenters. The number of urea groups is 1. The molecule has 4 aromatic rings. The zero-order valence-corrected chi connectivity index (χ0v) is 20.0. The lowest BCUT2D eigenvalue weighted by Gasteiger charge is -2.10. The Kier molecular flexibility index (Phi) is 6.46. The highest BCUT2D eigenvalue weighted by Crippen LogP contribution is 2.25. The van der Waals surface area contributed by atoms with Crippen LogP contribution in [0.25, 0.3) is 16.6 Å². The summed E-state index contributed by atoms with van der Waals surface area (Å²) in [5, 5.41) is 5.84. The summed E-state index contributed by atoms with van der Waals surface area (Å²) in [6, 6.07) is 12.6. The van der Waals surface area contributed by atoms with Crippen molar-refractivity contribution in [2.24, 2.45) is 0 Å². The number of hydrogen-bond acceptors (Lipinski definition) is 7. The third-order valence-electron chi connectivity index (χ3n) is 4.70. The van der Waals surface area contributed by atoms with E-state index in [-0.39, 0.29) is 19.9 Å². The first-order chi connectivity index (χ1) is 16.2. The molecule has 0 aliphatic rings. The molecule has 34 heavy (non-hydrogen) atoms. The van der Waals surface area contributed by atoms with Crippen molar-refractivity contribution in [1.82, 2.24) is 14.3 Å². The highest BCUT2D eigenvalue weighted by Gasteiger charge is 2.20. The van der Waals surface area contributed by atoms with Crippen LogP contribution >= 0.6 is 22.9 Å². The van der Waals surface area contributed by atoms with Crippen LogP contribution in [0.4, 0.5) is 16.2 Å². The molecule has 0 fully saturated rings. The molecule has 4 N–H and O–H groups in total. The maximum atomic E-state index is 12.9. The fraction of sp³-hybridized carbons (Fsp3) is 0.0952. The molecule has 2 aromatic carbocycles. The van der Waals surface area contributed by atoms with Gasteiger partial charge in [0.1, 0.15) is 4.21 Å². The maximum absolute atomic E-state index is 12.9. The molecule has 0 atom stereocenters. The molecular formula is C21H18ClN5O5S2. The Bertz CT molecular complexity index is 1610. The van der Waals surface area contributed by atoms with Gasteiger partial charge in [0.25, 0.3) is 15.6 Å². The Morgan fingerprint density at radius 3 is 2.41 bits per heavy atom. The van der Waals surface area contributed by atoms with Gasteiger partial charge in [-0.25, -0.2) is 27.3 Å². The van der Waals surface area contributed by atoms with E-state index >= 15 is 0 Å². The summed E-state index contributed by atoms with van der Waals surface area (Å²) in [4.78, 5) is 40.4. The minimum Gasteiger partial charge on any atom is -0.385 e. The van der Waals surface area contributed by atoms with E-state index in [4.69, 9.17) is 11.6 Å². The fourth-order valence-corrected chi connectivity index (χ4v) is 5.62. The number of hydrogen-bond donors (Lipinski definition) is 4. The van der Waals surface area contributed by atoms with E-state index in [1.807, 2.05) is 11.6 Å². The highest BCUT2D eigenvalue weighted by atomic mass is 35.5. The molecule has 176 valence electrons. The van der Waals surface area contributed by atoms with Gasteiger partial charge in [0.2, 0.25) is 0 Å². The van der Waals surface area contributed by atoms with Crippen LogP contribution in [0.1, 0.15) is 6.92 Å². The lowest BCUT2D eigenvalue weighted by Crippen LogP contribution is -2.34. The Balaban J connectivity index is 1.55. The number of amides is 2. The third-order valence-corrected chi connectivity index (χ3v) is 7.76. The molecule has 0 saturated carbocycles. The molecule has 2 amide bonds. The Morgan fingerprint density at radius 1 is 1.06 bits per heavy atom. The van der Waals surface area contributed by atoms with Gasteiger partial charge in [-0.05, 0) is 61.5 Å². The van der Waals surface area contributed by atoms with Crippen molar-refractivity contribution in [3.63, 3.8) is 0 Å². The summed E-state index contributed by atoms with van der Waals surface area (Å²) in [5.74, 6) is 0. The normalized spacial score (nSPS) is 11.4. The number of aromatic amines is 1. The van der Waals surface area contributed by atoms with Gasteiger partial charge in [0, 0.05) is 17.9 Å². The third kappa shape index (κ3) is 4.83. The van der Waals surface area contributed by atoms with Gasteiger partial charge in [0.15, 0.2) is 0 Å². The monoisotopic (exact) mass is 519 g/mol. The number of benzene rings is 2. The number of sulfonamides is 1. The van der Waals surface area contributed by atoms with Crippen molar-refractivity contribution in [3.8, 4) is 5.69 Å². The van der Waals surface area contributed by atoms with E-state index in [1.165, 1.54) is 36.4 Å². The van der Waals surface area contributed by atoms with E-state index < -0.39 is 27.3 Å². The number of H-pyrrole nitrogens is 1. The molecular weight excluding hydrogens is 502 g/mol. The Morgan fingerprint density at radius 2 is 1.76 bits per heavy atom. The SMILES string of the molecule is CCNc1ccc2c(=O)n(-c3ccc(NC(=O)NS(=O)(=O)c4ccc(Cl)s4)cc3)c(=O)[nH]c2c1. The number of anilines is 2. The lowest BCUT2D eigenvalue weighted by atomic mass is 10.2. The van der Waals surface area contributed by atoms with Crippen LogP contribution < -0.4 is 26.6 Å². The molecule has 0 bridgehead atoms. The van der Waals surface area contributed by atoms with E-state index in [2.05, 4.69) is 15.6 Å². The maximum Gasteiger partial charge on any atom is 0.333 e. The van der Waals surface area contributed by atoms with Crippen LogP contribution in [0.5, 0.6) is 0 Å². The minimum absolute atomic E-state index is 0.101. The molecule has 2 heterocycles. The average Bonchev–Trinajstić information content (AvgIpc) is 3.22. The van der Waals surface area contributed by atoms with Gasteiger partial charge in [0.05, 0.1) is 20.9 Å². The van der Waals surface area contributed by atoms with Crippen LogP contribution in [-0.4, -0.2) is 30.5 Å². The van der Waals surface area contributed by atoms with Crippen LogP contribution in [0, 0.1) is 0 Å². The molecule has 2 aromatic heterocycles. The zero-order valence-electron chi connectivity index (χ0n) is 17.6. The van der Waals surface area contributed by atoms with E-state index in [0.717, 1.165) is 21.6 Å². The molecule has 0 saturated heterocycles. The Hall–Kier alpha value is -3.61. The van der Waals surface area contributed by atoms with Gasteiger partial charge < -0.3 is 15.6 Å². The van der Waals surface area contributed by atoms with E-state index in [0.29, 0.717) is 17.4 Å². The number of carbonyl (C=O) groups excluding carboxylic acids is 1. The van der Waals surface area contributed by atoms with E-state index in [9.17, 15) is 22.8 Å². The topological polar surface area (TPSA) is 142 Å². The first-order valence-corrected chi connectivity index (χ1v) is 12.6. The fourth-order valence-electron chi connectivity index (χ4n) is 3.23. The number of halogens is 1. The molecule has 10 nitrogen and oxygen atoms in total. The predicted octanol–water partition coefficient (Wildman–Crippen LogP) is 3.34. The average molecular weight is 520 g/mol. The van der Waals surface area contributed by atoms with Crippen molar-refractivity contribution >= 4 is 61.3 Å². The largest absolute Gasteiger partial charge is 0.385 e. The van der Waals surface area contributed by atoms with Gasteiger partial charge in [-0.15, -0.1) is 11.3 Å². The van der Waals surface area contributed by atoms with E-state index in [1.54, 1.807) is 18.2 Å². The van der Waals surface area contributed by atoms with Crippen LogP contribution in [0.2, 0.25) is 4.34 Å². The Labute approximate surface area is 202 Å². The predicted molar refractivity (Wildman–Crippen MR) is 133 cm³/mol. The number of rotatable bonds is 6. The summed E-state index contributed by atoms with van der Waals surface area (Å²) < 4.78 is 27.5. The summed E-state index contributed by atoms with van der Waals surface area (Å²) >= 11 is 6.56. The van der Waals surface area contributed by atoms with Crippen molar-refractivity contribution in [1.29, 1.82) is 0 Å². The standard InChI is InChI=1S/C21H18ClN5O5S2/c1-2-23-13-5-8-15-16(11-13)25-21(30)27(19(15)28)14-6-3-12(4-7-14)24-20(29)26-34(31,32)18-10-9-17(22)33-18/h3-11,23H,2H2,1H3,(H,25,30)(H2,24,26,29). The summed E-state index contributed by atoms with van der Waals surface area (Å²) in [5.41, 5.74) is 0.594. The van der Waals surface area contributed by atoms with Crippen molar-refractivity contribution in [2.45, 2.75) is 11.1 Å². The van der Waals surface area contributed by atoms with Crippen molar-refractivity contribution in [2.75, 3.05) is 17.2 Å². The van der Waals surface area contributed by atoms with Crippen molar-refractivity contribution in [3.05, 3.63) is 79.8 Å². The van der Waals surface area contributed by atoms with Crippen LogP contribution in [0.15, 0.2) is 68.4 Å². The number of thiophene rings is 1. The molecule has 0 spiro atoms. The van der Waals surface area contributed by atoms with Gasteiger partial charge in [-0.2, -0.15) is 0 Å². The second-order valence-corrected chi connectivity index (χ2v) is 10.7. The van der Waals surface area contributed by atoms with Gasteiger partial charge in [-0.1, -0.05) is 11.6 Å². The number of nitrogens with zero attached hydrogens (tertiary/aromatic N) is 1. The smallest absolute Gasteiger partial charge is 0.333 e. The summed E-state index contributed by atoms with van der Waals surface area (Å²) in [7, 11) is -4.07. The second-order valence-electron chi connectivity index (χ2n) is 7.03. The minimum atomic E-state index is -4.07. The first kappa shape index (κ1) is 23.5. The molecule has 4 rings (SSSR count). The number of aromatic nitrogens is 2. The molecule has 0 aliphatic carbocycles. The van der Waals surface area contributed by atoms with Gasteiger partial charge in [-0.3, -0.25) is 4.79 Å². The summed E-state index contributed by atoms with van der Waals surface area (Å²) in [6.07, 6.45) is 0. The van der Waals surface area contributed by atoms with Gasteiger partial charge >= 0.3 is 11.7 Å². The quantitative estimate of drug-likeness (QED) is 0.308. The molecule has 0 aliphatic heterocycles. The highest BCUT2D eigenvalue weighted by molar-refractivity contribution is 7.92. The lowest BCUT2D eigenvalue weighted by molar-refractivity contribution is 0.256. The van der Waals surface area contributed by atoms with Crippen LogP contribution in [-0.2, 0) is 10.0 Å². The molecule has 0 radical (unpaired) electrons. The first-order valence-electron chi connectivity index (χ1n) is 9.90. The second kappa shape index (κ2) is 9.33. The molecule has 13 heteroatoms. The summed E-state index contributed by atoms with van der Waals surface area (Å²) in [6.45, 7) is 2.63.